The van der Waals surface area contributed by atoms with E-state index in [4.69, 9.17) is 0 Å². The number of aliphatic hydroxyl groups is 1. The Bertz CT molecular complexity index is 253. The molecule has 1 saturated carbocycles. The van der Waals surface area contributed by atoms with Gasteiger partial charge in [0.25, 0.3) is 0 Å². The second-order valence-electron chi connectivity index (χ2n) is 6.93. The fourth-order valence-corrected chi connectivity index (χ4v) is 4.05. The van der Waals surface area contributed by atoms with Crippen molar-refractivity contribution in [2.45, 2.75) is 76.8 Å². The molecular weight excluding hydrogens is 248 g/mol. The highest BCUT2D eigenvalue weighted by Crippen LogP contribution is 2.24. The van der Waals surface area contributed by atoms with Crippen LogP contribution in [0.25, 0.3) is 0 Å². The minimum Gasteiger partial charge on any atom is -0.395 e. The van der Waals surface area contributed by atoms with Gasteiger partial charge in [0.1, 0.15) is 0 Å². The van der Waals surface area contributed by atoms with Crippen LogP contribution in [0.1, 0.15) is 64.7 Å². The largest absolute Gasteiger partial charge is 0.395 e. The molecule has 1 heterocycles. The lowest BCUT2D eigenvalue weighted by Gasteiger charge is -2.40. The number of rotatable bonds is 7. The van der Waals surface area contributed by atoms with Gasteiger partial charge in [0.2, 0.25) is 0 Å². The molecule has 3 nitrogen and oxygen atoms in total. The highest BCUT2D eigenvalue weighted by atomic mass is 16.3. The molecule has 2 N–H and O–H groups in total. The van der Waals surface area contributed by atoms with E-state index in [2.05, 4.69) is 17.1 Å². The third-order valence-corrected chi connectivity index (χ3v) is 5.07. The van der Waals surface area contributed by atoms with E-state index in [1.807, 2.05) is 0 Å². The lowest BCUT2D eigenvalue weighted by atomic mass is 9.88. The molecule has 1 saturated heterocycles. The van der Waals surface area contributed by atoms with Crippen LogP contribution in [-0.2, 0) is 0 Å². The third kappa shape index (κ3) is 5.34. The van der Waals surface area contributed by atoms with Gasteiger partial charge in [-0.05, 0) is 31.6 Å². The van der Waals surface area contributed by atoms with Crippen molar-refractivity contribution in [1.29, 1.82) is 0 Å². The lowest BCUT2D eigenvalue weighted by Crippen LogP contribution is -2.52. The van der Waals surface area contributed by atoms with E-state index in [0.29, 0.717) is 12.6 Å². The first-order valence-electron chi connectivity index (χ1n) is 8.91. The summed E-state index contributed by atoms with van der Waals surface area (Å²) in [6.45, 7) is 5.78. The fraction of sp³-hybridized carbons (Fsp3) is 1.00. The monoisotopic (exact) mass is 282 g/mol. The number of β-amino-alcohol motifs (C(OH)–C–C–N with tert-alkyl or cyclic N) is 1. The zero-order valence-corrected chi connectivity index (χ0v) is 13.3. The first kappa shape index (κ1) is 16.3. The number of aliphatic hydroxyl groups excluding tert-OH is 1. The Balaban J connectivity index is 1.81. The number of nitrogens with zero attached hydrogens (tertiary/aromatic N) is 1. The van der Waals surface area contributed by atoms with Crippen LogP contribution in [-0.4, -0.2) is 48.3 Å². The molecule has 0 aromatic carbocycles. The maximum absolute atomic E-state index is 9.23. The van der Waals surface area contributed by atoms with E-state index < -0.39 is 0 Å². The minimum atomic E-state index is 0.302. The molecule has 20 heavy (non-hydrogen) atoms. The highest BCUT2D eigenvalue weighted by Gasteiger charge is 2.28. The van der Waals surface area contributed by atoms with Crippen molar-refractivity contribution in [3.8, 4) is 0 Å². The standard InChI is InChI=1S/C17H34N2O/c1-2-3-7-15-12-17(14-19(13-15)10-11-20)18-16-8-5-4-6-9-16/h15-18,20H,2-14H2,1H3. The molecule has 118 valence electrons. The van der Waals surface area contributed by atoms with Crippen molar-refractivity contribution < 1.29 is 5.11 Å². The van der Waals surface area contributed by atoms with E-state index in [-0.39, 0.29) is 0 Å². The predicted molar refractivity (Wildman–Crippen MR) is 85.0 cm³/mol. The van der Waals surface area contributed by atoms with Crippen LogP contribution in [0.3, 0.4) is 0 Å². The number of likely N-dealkylation sites (tertiary alicyclic amines) is 1. The molecule has 1 aliphatic heterocycles. The van der Waals surface area contributed by atoms with Crippen LogP contribution < -0.4 is 5.32 Å². The van der Waals surface area contributed by atoms with E-state index in [9.17, 15) is 5.11 Å². The van der Waals surface area contributed by atoms with Crippen molar-refractivity contribution in [2.75, 3.05) is 26.2 Å². The molecule has 0 spiro atoms. The topological polar surface area (TPSA) is 35.5 Å². The van der Waals surface area contributed by atoms with Gasteiger partial charge in [0.15, 0.2) is 0 Å². The summed E-state index contributed by atoms with van der Waals surface area (Å²) in [5, 5.41) is 13.2. The molecule has 0 bridgehead atoms. The van der Waals surface area contributed by atoms with Crippen molar-refractivity contribution >= 4 is 0 Å². The predicted octanol–water partition coefficient (Wildman–Crippen LogP) is 2.78. The summed E-state index contributed by atoms with van der Waals surface area (Å²) < 4.78 is 0. The van der Waals surface area contributed by atoms with Crippen LogP contribution in [0.2, 0.25) is 0 Å². The van der Waals surface area contributed by atoms with Gasteiger partial charge in [-0.25, -0.2) is 0 Å². The Kier molecular flexibility index (Phi) is 7.32. The van der Waals surface area contributed by atoms with Gasteiger partial charge in [-0.1, -0.05) is 39.0 Å². The van der Waals surface area contributed by atoms with Crippen molar-refractivity contribution in [2.24, 2.45) is 5.92 Å². The Hall–Kier alpha value is -0.120. The van der Waals surface area contributed by atoms with Crippen molar-refractivity contribution in [1.82, 2.24) is 10.2 Å². The zero-order valence-electron chi connectivity index (χ0n) is 13.3. The van der Waals surface area contributed by atoms with Gasteiger partial charge in [-0.2, -0.15) is 0 Å². The average molecular weight is 282 g/mol. The number of piperidine rings is 1. The molecule has 2 rings (SSSR count). The quantitative estimate of drug-likeness (QED) is 0.754. The van der Waals surface area contributed by atoms with Crippen LogP contribution in [0, 0.1) is 5.92 Å². The van der Waals surface area contributed by atoms with Gasteiger partial charge in [0, 0.05) is 31.7 Å². The molecular formula is C17H34N2O. The molecule has 0 aromatic rings. The van der Waals surface area contributed by atoms with E-state index in [0.717, 1.165) is 25.0 Å². The van der Waals surface area contributed by atoms with Gasteiger partial charge >= 0.3 is 0 Å². The summed E-state index contributed by atoms with van der Waals surface area (Å²) in [5.41, 5.74) is 0. The minimum absolute atomic E-state index is 0.302. The van der Waals surface area contributed by atoms with Crippen LogP contribution >= 0.6 is 0 Å². The van der Waals surface area contributed by atoms with E-state index in [1.54, 1.807) is 0 Å². The molecule has 3 heteroatoms. The Morgan fingerprint density at radius 2 is 1.90 bits per heavy atom. The molecule has 0 radical (unpaired) electrons. The highest BCUT2D eigenvalue weighted by molar-refractivity contribution is 4.86. The zero-order chi connectivity index (χ0) is 14.2. The maximum Gasteiger partial charge on any atom is 0.0558 e. The first-order valence-corrected chi connectivity index (χ1v) is 8.91. The summed E-state index contributed by atoms with van der Waals surface area (Å²) in [7, 11) is 0. The number of nitrogens with one attached hydrogen (secondary N) is 1. The maximum atomic E-state index is 9.23. The van der Waals surface area contributed by atoms with Gasteiger partial charge < -0.3 is 10.4 Å². The average Bonchev–Trinajstić information content (AvgIpc) is 2.46. The Morgan fingerprint density at radius 3 is 2.60 bits per heavy atom. The second kappa shape index (κ2) is 9.01. The summed E-state index contributed by atoms with van der Waals surface area (Å²) in [6, 6.07) is 1.41. The molecule has 2 atom stereocenters. The number of hydrogen-bond donors (Lipinski definition) is 2. The normalized spacial score (nSPS) is 29.7. The summed E-state index contributed by atoms with van der Waals surface area (Å²) in [6.07, 6.45) is 12.4. The fourth-order valence-electron chi connectivity index (χ4n) is 4.05. The van der Waals surface area contributed by atoms with Crippen LogP contribution in [0.4, 0.5) is 0 Å². The molecule has 2 fully saturated rings. The van der Waals surface area contributed by atoms with Crippen LogP contribution in [0.15, 0.2) is 0 Å². The summed E-state index contributed by atoms with van der Waals surface area (Å²) >= 11 is 0. The van der Waals surface area contributed by atoms with E-state index >= 15 is 0 Å². The summed E-state index contributed by atoms with van der Waals surface area (Å²) in [4.78, 5) is 2.48. The molecule has 0 aromatic heterocycles. The van der Waals surface area contributed by atoms with Crippen molar-refractivity contribution in [3.63, 3.8) is 0 Å². The summed E-state index contributed by atoms with van der Waals surface area (Å²) in [5.74, 6) is 0.830. The van der Waals surface area contributed by atoms with Crippen LogP contribution in [0.5, 0.6) is 0 Å². The first-order chi connectivity index (χ1) is 9.81. The third-order valence-electron chi connectivity index (χ3n) is 5.07. The molecule has 2 unspecified atom stereocenters. The molecule has 1 aliphatic carbocycles. The van der Waals surface area contributed by atoms with E-state index in [1.165, 1.54) is 64.3 Å². The number of unbranched alkanes of at least 4 members (excludes halogenated alkanes) is 1. The lowest BCUT2D eigenvalue weighted by molar-refractivity contribution is 0.104. The van der Waals surface area contributed by atoms with Gasteiger partial charge in [-0.3, -0.25) is 4.90 Å². The smallest absolute Gasteiger partial charge is 0.0558 e. The SMILES string of the molecule is CCCCC1CC(NC2CCCCC2)CN(CCO)C1. The molecule has 2 aliphatic rings. The Labute approximate surface area is 125 Å². The molecule has 0 amide bonds. The number of hydrogen-bond acceptors (Lipinski definition) is 3. The second-order valence-corrected chi connectivity index (χ2v) is 6.93. The van der Waals surface area contributed by atoms with Gasteiger partial charge in [0.05, 0.1) is 6.61 Å². The van der Waals surface area contributed by atoms with Gasteiger partial charge in [-0.15, -0.1) is 0 Å². The van der Waals surface area contributed by atoms with Crippen molar-refractivity contribution in [3.05, 3.63) is 0 Å². The Morgan fingerprint density at radius 1 is 1.10 bits per heavy atom.